The first-order valence-electron chi connectivity index (χ1n) is 25.7. The van der Waals surface area contributed by atoms with Gasteiger partial charge in [0.15, 0.2) is 16.1 Å². The van der Waals surface area contributed by atoms with Crippen LogP contribution in [0.2, 0.25) is 0 Å². The fourth-order valence-electron chi connectivity index (χ4n) is 13.3. The highest BCUT2D eigenvalue weighted by atomic mass is 28.3. The second-order valence-corrected chi connectivity index (χ2v) is 27.7. The molecule has 0 radical (unpaired) electrons. The molecule has 0 spiro atoms. The van der Waals surface area contributed by atoms with Gasteiger partial charge in [0.1, 0.15) is 0 Å². The Balaban J connectivity index is 1.08. The summed E-state index contributed by atoms with van der Waals surface area (Å²) in [6.45, 7) is 4.77. The van der Waals surface area contributed by atoms with Gasteiger partial charge in [-0.15, -0.1) is 0 Å². The smallest absolute Gasteiger partial charge is 0.180 e. The summed E-state index contributed by atoms with van der Waals surface area (Å²) in [5.41, 5.74) is 16.1. The first-order chi connectivity index (χ1) is 35.9. The molecule has 2 heterocycles. The molecule has 3 heteroatoms. The van der Waals surface area contributed by atoms with E-state index in [1.165, 1.54) is 97.1 Å². The van der Waals surface area contributed by atoms with Crippen LogP contribution in [0.4, 0.5) is 17.1 Å². The molecule has 0 unspecified atom stereocenters. The van der Waals surface area contributed by atoms with Gasteiger partial charge >= 0.3 is 0 Å². The third-order valence-electron chi connectivity index (χ3n) is 16.3. The van der Waals surface area contributed by atoms with E-state index >= 15 is 0 Å². The Morgan fingerprint density at radius 2 is 0.750 bits per heavy atom. The molecule has 1 aliphatic carbocycles. The lowest BCUT2D eigenvalue weighted by Gasteiger charge is -2.35. The summed E-state index contributed by atoms with van der Waals surface area (Å²) in [5.74, 6) is 0. The van der Waals surface area contributed by atoms with E-state index in [1.54, 1.807) is 0 Å². The molecule has 0 fully saturated rings. The number of rotatable bonds is 8. The number of hydrogen-bond donors (Lipinski definition) is 0. The third-order valence-corrected chi connectivity index (χ3v) is 26.0. The molecule has 2 aliphatic heterocycles. The highest BCUT2D eigenvalue weighted by Gasteiger charge is 2.50. The summed E-state index contributed by atoms with van der Waals surface area (Å²) in [5, 5.41) is 10.9. The maximum absolute atomic E-state index is 8.64. The van der Waals surface area contributed by atoms with Crippen LogP contribution in [0, 0.1) is 0 Å². The van der Waals surface area contributed by atoms with Gasteiger partial charge in [-0.2, -0.15) is 0 Å². The second-order valence-electron chi connectivity index (χ2n) is 20.3. The van der Waals surface area contributed by atoms with E-state index in [4.69, 9.17) is 1.37 Å². The quantitative estimate of drug-likeness (QED) is 0.137. The van der Waals surface area contributed by atoms with Gasteiger partial charge in [0, 0.05) is 22.5 Å². The molecule has 340 valence electrons. The van der Waals surface area contributed by atoms with Crippen molar-refractivity contribution in [1.82, 2.24) is 0 Å². The van der Waals surface area contributed by atoms with Crippen molar-refractivity contribution in [2.75, 3.05) is 4.90 Å². The Kier molecular flexibility index (Phi) is 9.42. The van der Waals surface area contributed by atoms with Crippen LogP contribution < -0.4 is 46.4 Å². The van der Waals surface area contributed by atoms with Crippen LogP contribution in [-0.2, 0) is 5.41 Å². The molecule has 1 nitrogen and oxygen atoms in total. The summed E-state index contributed by atoms with van der Waals surface area (Å²) in [6.07, 6.45) is 0. The van der Waals surface area contributed by atoms with Gasteiger partial charge in [0.25, 0.3) is 0 Å². The van der Waals surface area contributed by atoms with Crippen molar-refractivity contribution in [3.63, 3.8) is 0 Å². The van der Waals surface area contributed by atoms with Crippen molar-refractivity contribution in [3.8, 4) is 44.5 Å². The van der Waals surface area contributed by atoms with Crippen molar-refractivity contribution < 1.29 is 1.37 Å². The lowest BCUT2D eigenvalue weighted by Crippen LogP contribution is -2.73. The fraction of sp³-hybridized carbons (Fsp3) is 0.0435. The van der Waals surface area contributed by atoms with Crippen molar-refractivity contribution in [2.45, 2.75) is 19.3 Å². The minimum absolute atomic E-state index is 0.202. The predicted molar refractivity (Wildman–Crippen MR) is 309 cm³/mol. The monoisotopic (exact) mass is 950 g/mol. The molecule has 72 heavy (non-hydrogen) atoms. The summed E-state index contributed by atoms with van der Waals surface area (Å²) in [6, 6.07) is 101. The molecular weight excluding hydrogens is 899 g/mol. The van der Waals surface area contributed by atoms with Crippen LogP contribution in [0.1, 0.15) is 26.3 Å². The summed E-state index contributed by atoms with van der Waals surface area (Å²) in [7, 11) is -5.90. The molecule has 14 rings (SSSR count). The minimum atomic E-state index is -2.96. The van der Waals surface area contributed by atoms with Crippen LogP contribution in [0.3, 0.4) is 0 Å². The average Bonchev–Trinajstić information content (AvgIpc) is 4.01. The molecule has 11 aromatic rings. The van der Waals surface area contributed by atoms with Gasteiger partial charge in [0.05, 0.1) is 1.37 Å². The number of nitrogens with zero attached hydrogens (tertiary/aromatic N) is 1. The molecule has 0 bridgehead atoms. The first-order valence-corrected chi connectivity index (χ1v) is 29.2. The molecule has 0 N–H and O–H groups in total. The number of benzene rings is 11. The predicted octanol–water partition coefficient (Wildman–Crippen LogP) is 11.8. The number of anilines is 3. The third kappa shape index (κ3) is 6.05. The van der Waals surface area contributed by atoms with Gasteiger partial charge in [-0.25, -0.2) is 0 Å². The Labute approximate surface area is 426 Å². The van der Waals surface area contributed by atoms with Crippen molar-refractivity contribution in [2.24, 2.45) is 0 Å². The minimum Gasteiger partial charge on any atom is -0.310 e. The number of hydrogen-bond acceptors (Lipinski definition) is 1. The van der Waals surface area contributed by atoms with E-state index in [0.717, 1.165) is 17.1 Å². The lowest BCUT2D eigenvalue weighted by atomic mass is 9.82. The van der Waals surface area contributed by atoms with Crippen LogP contribution in [0.25, 0.3) is 44.5 Å². The summed E-state index contributed by atoms with van der Waals surface area (Å²) < 4.78 is 8.64. The normalized spacial score (nSPS) is 14.8. The maximum Gasteiger partial charge on any atom is 0.180 e. The maximum atomic E-state index is 8.64. The van der Waals surface area contributed by atoms with Gasteiger partial charge in [-0.05, 0) is 134 Å². The Morgan fingerprint density at radius 1 is 0.306 bits per heavy atom. The molecule has 0 atom stereocenters. The topological polar surface area (TPSA) is 3.24 Å². The molecule has 0 aromatic heterocycles. The Morgan fingerprint density at radius 3 is 1.35 bits per heavy atom. The second kappa shape index (κ2) is 16.4. The molecule has 0 saturated carbocycles. The lowest BCUT2D eigenvalue weighted by molar-refractivity contribution is 0.660. The zero-order chi connectivity index (χ0) is 48.9. The molecule has 11 aromatic carbocycles. The molecule has 0 saturated heterocycles. The van der Waals surface area contributed by atoms with E-state index < -0.39 is 16.1 Å². The number of fused-ring (bicyclic) bond motifs is 9. The van der Waals surface area contributed by atoms with Gasteiger partial charge in [-0.1, -0.05) is 250 Å². The zero-order valence-electron chi connectivity index (χ0n) is 41.4. The van der Waals surface area contributed by atoms with E-state index in [2.05, 4.69) is 274 Å². The van der Waals surface area contributed by atoms with E-state index in [9.17, 15) is 0 Å². The van der Waals surface area contributed by atoms with Crippen molar-refractivity contribution >= 4 is 74.7 Å². The molecular formula is C69H51NSi2. The fourth-order valence-corrected chi connectivity index (χ4v) is 23.7. The summed E-state index contributed by atoms with van der Waals surface area (Å²) >= 11 is 0. The highest BCUT2D eigenvalue weighted by molar-refractivity contribution is 7.23. The molecule has 0 amide bonds. The largest absolute Gasteiger partial charge is 0.310 e. The molecule has 3 aliphatic rings. The SMILES string of the molecule is [2H]c1ccc([Si]2(c3cccc(N(c4cc(-c5ccccc5)cc([Si]5(c6ccccc6)c6ccccc6-c6ccccc65)c4)c4ccc5c(c4)C(C)(C)c4ccccc4-5)c3)c3ccccc3-c3ccccc32)cc1. The van der Waals surface area contributed by atoms with E-state index in [1.807, 2.05) is 12.1 Å². The van der Waals surface area contributed by atoms with Gasteiger partial charge in [0.2, 0.25) is 0 Å². The van der Waals surface area contributed by atoms with Crippen LogP contribution in [0.5, 0.6) is 0 Å². The summed E-state index contributed by atoms with van der Waals surface area (Å²) in [4.78, 5) is 2.57. The van der Waals surface area contributed by atoms with Gasteiger partial charge in [-0.3, -0.25) is 0 Å². The highest BCUT2D eigenvalue weighted by Crippen LogP contribution is 2.51. The Hall–Kier alpha value is -8.35. The van der Waals surface area contributed by atoms with Crippen LogP contribution in [0.15, 0.2) is 273 Å². The van der Waals surface area contributed by atoms with Crippen LogP contribution >= 0.6 is 0 Å². The van der Waals surface area contributed by atoms with Gasteiger partial charge < -0.3 is 4.90 Å². The van der Waals surface area contributed by atoms with Crippen molar-refractivity contribution in [1.29, 1.82) is 0 Å². The van der Waals surface area contributed by atoms with Crippen molar-refractivity contribution in [3.05, 3.63) is 284 Å². The van der Waals surface area contributed by atoms with E-state index in [-0.39, 0.29) is 5.41 Å². The Bertz CT molecular complexity index is 3880. The standard InChI is InChI=1S/C69H51NSi2/c1-69(2)63-36-17-12-31-57(63)58-42-41-51(47-64(58)69)70(50-25-22-30-55(45-50)71(53-26-8-4-9-27-53)65-37-18-13-32-59(65)60-33-14-19-38-66(60)71)52-43-49(48-23-6-3-7-24-48)44-56(46-52)72(54-28-10-5-11-29-54)67-39-20-15-34-61(67)62-35-16-21-40-68(62)72/h3-47H,1-2H3/i4D. The van der Waals surface area contributed by atoms with E-state index in [0.29, 0.717) is 6.04 Å². The zero-order valence-corrected chi connectivity index (χ0v) is 42.4. The first kappa shape index (κ1) is 41.4. The van der Waals surface area contributed by atoms with Crippen LogP contribution in [-0.4, -0.2) is 16.1 Å². The average molecular weight is 951 g/mol.